The normalized spacial score (nSPS) is 16.3. The summed E-state index contributed by atoms with van der Waals surface area (Å²) in [6.07, 6.45) is 10.1. The van der Waals surface area contributed by atoms with Gasteiger partial charge >= 0.3 is 0 Å². The van der Waals surface area contributed by atoms with Crippen molar-refractivity contribution < 1.29 is 4.39 Å². The van der Waals surface area contributed by atoms with Gasteiger partial charge in [-0.05, 0) is 37.5 Å². The number of aryl methyl sites for hydroxylation is 1. The van der Waals surface area contributed by atoms with Crippen LogP contribution in [0.25, 0.3) is 0 Å². The van der Waals surface area contributed by atoms with Gasteiger partial charge in [0.1, 0.15) is 5.82 Å². The van der Waals surface area contributed by atoms with Crippen molar-refractivity contribution in [2.45, 2.75) is 45.1 Å². The van der Waals surface area contributed by atoms with Crippen molar-refractivity contribution in [2.75, 3.05) is 5.32 Å². The van der Waals surface area contributed by atoms with Gasteiger partial charge < -0.3 is 9.88 Å². The highest BCUT2D eigenvalue weighted by molar-refractivity contribution is 5.54. The zero-order valence-corrected chi connectivity index (χ0v) is 11.8. The summed E-state index contributed by atoms with van der Waals surface area (Å²) < 4.78 is 15.8. The fraction of sp³-hybridized carbons (Fsp3) is 0.438. The average molecular weight is 273 g/mol. The molecule has 20 heavy (non-hydrogen) atoms. The second-order valence-corrected chi connectivity index (χ2v) is 5.54. The van der Waals surface area contributed by atoms with Gasteiger partial charge in [0.25, 0.3) is 0 Å². The molecule has 0 saturated heterocycles. The maximum atomic E-state index is 13.6. The van der Waals surface area contributed by atoms with Gasteiger partial charge in [-0.2, -0.15) is 0 Å². The van der Waals surface area contributed by atoms with Crippen LogP contribution in [0.2, 0.25) is 0 Å². The fourth-order valence-electron chi connectivity index (χ4n) is 2.86. The number of imidazole rings is 1. The molecule has 3 nitrogen and oxygen atoms in total. The van der Waals surface area contributed by atoms with Gasteiger partial charge in [-0.3, -0.25) is 0 Å². The van der Waals surface area contributed by atoms with E-state index in [1.54, 1.807) is 13.0 Å². The van der Waals surface area contributed by atoms with E-state index in [4.69, 9.17) is 0 Å². The molecule has 0 spiro atoms. The molecule has 0 atom stereocenters. The van der Waals surface area contributed by atoms with Gasteiger partial charge in [0, 0.05) is 24.1 Å². The third kappa shape index (κ3) is 2.69. The van der Waals surface area contributed by atoms with Gasteiger partial charge in [0.15, 0.2) is 0 Å². The zero-order valence-electron chi connectivity index (χ0n) is 11.8. The summed E-state index contributed by atoms with van der Waals surface area (Å²) in [6, 6.07) is 5.71. The van der Waals surface area contributed by atoms with E-state index < -0.39 is 0 Å². The van der Waals surface area contributed by atoms with Crippen LogP contribution in [0.3, 0.4) is 0 Å². The van der Waals surface area contributed by atoms with Gasteiger partial charge in [-0.25, -0.2) is 9.37 Å². The Labute approximate surface area is 118 Å². The standard InChI is InChI=1S/C16H20FN3/c1-12-7-8-13(11-15(12)17)19-16-18-9-10-20(16)14-5-3-2-4-6-14/h7-11,14H,2-6H2,1H3,(H,18,19). The second-order valence-electron chi connectivity index (χ2n) is 5.54. The van der Waals surface area contributed by atoms with Gasteiger partial charge in [-0.1, -0.05) is 25.3 Å². The number of anilines is 2. The van der Waals surface area contributed by atoms with E-state index in [0.29, 0.717) is 11.6 Å². The smallest absolute Gasteiger partial charge is 0.207 e. The minimum absolute atomic E-state index is 0.189. The molecule has 106 valence electrons. The minimum Gasteiger partial charge on any atom is -0.326 e. The first-order chi connectivity index (χ1) is 9.74. The molecule has 1 saturated carbocycles. The van der Waals surface area contributed by atoms with Gasteiger partial charge in [0.2, 0.25) is 5.95 Å². The lowest BCUT2D eigenvalue weighted by atomic mass is 9.95. The first-order valence-corrected chi connectivity index (χ1v) is 7.30. The Balaban J connectivity index is 1.80. The van der Waals surface area contributed by atoms with Crippen molar-refractivity contribution >= 4 is 11.6 Å². The molecule has 0 amide bonds. The van der Waals surface area contributed by atoms with E-state index in [0.717, 1.165) is 11.6 Å². The van der Waals surface area contributed by atoms with Crippen LogP contribution in [0.1, 0.15) is 43.7 Å². The molecule has 1 heterocycles. The summed E-state index contributed by atoms with van der Waals surface area (Å²) in [6.45, 7) is 1.77. The number of halogens is 1. The first-order valence-electron chi connectivity index (χ1n) is 7.30. The van der Waals surface area contributed by atoms with Crippen LogP contribution in [0.15, 0.2) is 30.6 Å². The van der Waals surface area contributed by atoms with E-state index in [-0.39, 0.29) is 5.82 Å². The summed E-state index contributed by atoms with van der Waals surface area (Å²) >= 11 is 0. The topological polar surface area (TPSA) is 29.9 Å². The number of hydrogen-bond acceptors (Lipinski definition) is 2. The van der Waals surface area contributed by atoms with Crippen LogP contribution in [0.5, 0.6) is 0 Å². The Bertz CT molecular complexity index is 585. The van der Waals surface area contributed by atoms with Crippen LogP contribution in [-0.4, -0.2) is 9.55 Å². The van der Waals surface area contributed by atoms with E-state index in [9.17, 15) is 4.39 Å². The Morgan fingerprint density at radius 1 is 1.25 bits per heavy atom. The second kappa shape index (κ2) is 5.65. The molecular formula is C16H20FN3. The maximum Gasteiger partial charge on any atom is 0.207 e. The third-order valence-electron chi connectivity index (χ3n) is 4.06. The van der Waals surface area contributed by atoms with E-state index >= 15 is 0 Å². The van der Waals surface area contributed by atoms with Crippen molar-refractivity contribution in [1.29, 1.82) is 0 Å². The number of hydrogen-bond donors (Lipinski definition) is 1. The fourth-order valence-corrected chi connectivity index (χ4v) is 2.86. The SMILES string of the molecule is Cc1ccc(Nc2nccn2C2CCCCC2)cc1F. The molecule has 4 heteroatoms. The molecule has 0 aliphatic heterocycles. The van der Waals surface area contributed by atoms with Crippen molar-refractivity contribution in [3.8, 4) is 0 Å². The molecule has 1 aliphatic rings. The molecule has 0 radical (unpaired) electrons. The van der Waals surface area contributed by atoms with Crippen molar-refractivity contribution in [3.63, 3.8) is 0 Å². The molecule has 1 aliphatic carbocycles. The van der Waals surface area contributed by atoms with Gasteiger partial charge in [0.05, 0.1) is 0 Å². The van der Waals surface area contributed by atoms with Crippen molar-refractivity contribution in [1.82, 2.24) is 9.55 Å². The van der Waals surface area contributed by atoms with Crippen LogP contribution in [0, 0.1) is 12.7 Å². The van der Waals surface area contributed by atoms with E-state index in [2.05, 4.69) is 14.9 Å². The third-order valence-corrected chi connectivity index (χ3v) is 4.06. The summed E-state index contributed by atoms with van der Waals surface area (Å²) in [5.41, 5.74) is 1.41. The van der Waals surface area contributed by atoms with Crippen LogP contribution >= 0.6 is 0 Å². The Kier molecular flexibility index (Phi) is 3.72. The predicted molar refractivity (Wildman–Crippen MR) is 78.8 cm³/mol. The van der Waals surface area contributed by atoms with E-state index in [1.165, 1.54) is 38.2 Å². The Morgan fingerprint density at radius 3 is 2.80 bits per heavy atom. The lowest BCUT2D eigenvalue weighted by molar-refractivity contribution is 0.356. The van der Waals surface area contributed by atoms with Gasteiger partial charge in [-0.15, -0.1) is 0 Å². The number of nitrogens with one attached hydrogen (secondary N) is 1. The average Bonchev–Trinajstić information content (AvgIpc) is 2.92. The molecule has 3 rings (SSSR count). The molecule has 1 fully saturated rings. The summed E-state index contributed by atoms with van der Waals surface area (Å²) in [5, 5.41) is 3.23. The molecule has 0 bridgehead atoms. The monoisotopic (exact) mass is 273 g/mol. The molecule has 1 aromatic carbocycles. The number of benzene rings is 1. The zero-order chi connectivity index (χ0) is 13.9. The molecule has 1 aromatic heterocycles. The quantitative estimate of drug-likeness (QED) is 0.887. The summed E-state index contributed by atoms with van der Waals surface area (Å²) in [5.74, 6) is 0.617. The van der Waals surface area contributed by atoms with Crippen LogP contribution in [-0.2, 0) is 0 Å². The largest absolute Gasteiger partial charge is 0.326 e. The maximum absolute atomic E-state index is 13.6. The predicted octanol–water partition coefficient (Wildman–Crippen LogP) is 4.58. The van der Waals surface area contributed by atoms with Crippen LogP contribution < -0.4 is 5.32 Å². The number of aromatic nitrogens is 2. The Hall–Kier alpha value is -1.84. The first kappa shape index (κ1) is 13.2. The molecular weight excluding hydrogens is 253 g/mol. The number of rotatable bonds is 3. The molecule has 2 aromatic rings. The molecule has 0 unspecified atom stereocenters. The lowest BCUT2D eigenvalue weighted by Gasteiger charge is -2.24. The Morgan fingerprint density at radius 2 is 2.05 bits per heavy atom. The highest BCUT2D eigenvalue weighted by atomic mass is 19.1. The lowest BCUT2D eigenvalue weighted by Crippen LogP contribution is -2.14. The minimum atomic E-state index is -0.189. The highest BCUT2D eigenvalue weighted by Crippen LogP contribution is 2.31. The summed E-state index contributed by atoms with van der Waals surface area (Å²) in [4.78, 5) is 4.37. The highest BCUT2D eigenvalue weighted by Gasteiger charge is 2.17. The van der Waals surface area contributed by atoms with Crippen molar-refractivity contribution in [3.05, 3.63) is 42.0 Å². The molecule has 1 N–H and O–H groups in total. The summed E-state index contributed by atoms with van der Waals surface area (Å²) in [7, 11) is 0. The van der Waals surface area contributed by atoms with E-state index in [1.807, 2.05) is 18.5 Å². The number of nitrogens with zero attached hydrogens (tertiary/aromatic N) is 2. The van der Waals surface area contributed by atoms with Crippen molar-refractivity contribution in [2.24, 2.45) is 0 Å². The van der Waals surface area contributed by atoms with Crippen LogP contribution in [0.4, 0.5) is 16.0 Å².